The molecule has 0 heterocycles. The van der Waals surface area contributed by atoms with Crippen LogP contribution in [0.15, 0.2) is 30.3 Å². The Labute approximate surface area is 178 Å². The maximum atomic E-state index is 12.2. The molecule has 0 saturated carbocycles. The standard InChI is InChI=1S/C17H27N3O4.C3H10N2O/c1-12(2)8-15(16(22)19-10-14(21)9-18)20-17(23)24-11-13-6-4-3-5-7-13;4-1-3(6)2-5/h3-7,12,14-15,21H,8-11,18H2,1-2H3,(H,19,22)(H,20,23);3,6H,1-2,4-5H2/t14?,15-;/m0./s1. The van der Waals surface area contributed by atoms with Gasteiger partial charge in [0, 0.05) is 26.2 Å². The number of aliphatic hydroxyl groups is 2. The van der Waals surface area contributed by atoms with Gasteiger partial charge < -0.3 is 42.8 Å². The first-order chi connectivity index (χ1) is 14.2. The zero-order valence-electron chi connectivity index (χ0n) is 17.8. The normalized spacial score (nSPS) is 12.6. The lowest BCUT2D eigenvalue weighted by Crippen LogP contribution is -2.49. The van der Waals surface area contributed by atoms with Gasteiger partial charge in [-0.05, 0) is 17.9 Å². The Bertz CT molecular complexity index is 584. The molecule has 0 aliphatic heterocycles. The zero-order valence-corrected chi connectivity index (χ0v) is 17.8. The minimum Gasteiger partial charge on any atom is -0.445 e. The van der Waals surface area contributed by atoms with E-state index in [2.05, 4.69) is 10.6 Å². The summed E-state index contributed by atoms with van der Waals surface area (Å²) >= 11 is 0. The molecule has 30 heavy (non-hydrogen) atoms. The Morgan fingerprint density at radius 2 is 1.57 bits per heavy atom. The van der Waals surface area contributed by atoms with E-state index in [-0.39, 0.29) is 44.6 Å². The second-order valence-corrected chi connectivity index (χ2v) is 7.15. The number of hydrogen-bond donors (Lipinski definition) is 7. The molecule has 2 atom stereocenters. The van der Waals surface area contributed by atoms with Gasteiger partial charge in [0.25, 0.3) is 0 Å². The van der Waals surface area contributed by atoms with Crippen molar-refractivity contribution in [2.24, 2.45) is 23.1 Å². The molecule has 0 aromatic heterocycles. The lowest BCUT2D eigenvalue weighted by atomic mass is 10.0. The van der Waals surface area contributed by atoms with Crippen molar-refractivity contribution >= 4 is 12.0 Å². The SMILES string of the molecule is CC(C)C[C@H](NC(=O)OCc1ccccc1)C(=O)NCC(O)CN.NCC(O)CN. The van der Waals surface area contributed by atoms with Gasteiger partial charge in [0.1, 0.15) is 12.6 Å². The predicted octanol–water partition coefficient (Wildman–Crippen LogP) is -0.972. The van der Waals surface area contributed by atoms with Gasteiger partial charge in [-0.1, -0.05) is 44.2 Å². The third kappa shape index (κ3) is 13.9. The van der Waals surface area contributed by atoms with Crippen LogP contribution in [0.4, 0.5) is 4.79 Å². The highest BCUT2D eigenvalue weighted by atomic mass is 16.5. The Kier molecular flexibility index (Phi) is 15.3. The summed E-state index contributed by atoms with van der Waals surface area (Å²) in [5, 5.41) is 23.0. The molecule has 0 aliphatic rings. The van der Waals surface area contributed by atoms with Crippen LogP contribution in [0.3, 0.4) is 0 Å². The smallest absolute Gasteiger partial charge is 0.408 e. The summed E-state index contributed by atoms with van der Waals surface area (Å²) in [4.78, 5) is 24.1. The van der Waals surface area contributed by atoms with Gasteiger partial charge in [0.05, 0.1) is 12.2 Å². The van der Waals surface area contributed by atoms with Gasteiger partial charge in [0.2, 0.25) is 5.91 Å². The summed E-state index contributed by atoms with van der Waals surface area (Å²) in [6.45, 7) is 4.66. The molecule has 1 unspecified atom stereocenters. The van der Waals surface area contributed by atoms with E-state index >= 15 is 0 Å². The van der Waals surface area contributed by atoms with Gasteiger partial charge in [0.15, 0.2) is 0 Å². The van der Waals surface area contributed by atoms with Crippen LogP contribution in [0, 0.1) is 5.92 Å². The molecule has 1 aromatic rings. The minimum atomic E-state index is -0.807. The van der Waals surface area contributed by atoms with E-state index in [4.69, 9.17) is 27.0 Å². The maximum absolute atomic E-state index is 12.2. The third-order valence-electron chi connectivity index (χ3n) is 3.86. The van der Waals surface area contributed by atoms with Crippen LogP contribution in [0.5, 0.6) is 0 Å². The van der Waals surface area contributed by atoms with E-state index < -0.39 is 24.3 Å². The Morgan fingerprint density at radius 1 is 1.00 bits per heavy atom. The van der Waals surface area contributed by atoms with Crippen LogP contribution >= 0.6 is 0 Å². The predicted molar refractivity (Wildman–Crippen MR) is 115 cm³/mol. The molecule has 10 heteroatoms. The average Bonchev–Trinajstić information content (AvgIpc) is 2.75. The quantitative estimate of drug-likeness (QED) is 0.235. The fourth-order valence-electron chi connectivity index (χ4n) is 2.13. The van der Waals surface area contributed by atoms with E-state index in [9.17, 15) is 14.7 Å². The lowest BCUT2D eigenvalue weighted by molar-refractivity contribution is -0.123. The maximum Gasteiger partial charge on any atom is 0.408 e. The number of amides is 2. The summed E-state index contributed by atoms with van der Waals surface area (Å²) < 4.78 is 5.14. The largest absolute Gasteiger partial charge is 0.445 e. The number of aliphatic hydroxyl groups excluding tert-OH is 2. The van der Waals surface area contributed by atoms with Crippen molar-refractivity contribution in [3.63, 3.8) is 0 Å². The summed E-state index contributed by atoms with van der Waals surface area (Å²) in [5.74, 6) is -0.164. The van der Waals surface area contributed by atoms with E-state index in [0.717, 1.165) is 5.56 Å². The topological polar surface area (TPSA) is 186 Å². The first-order valence-electron chi connectivity index (χ1n) is 9.94. The molecule has 172 valence electrons. The number of alkyl carbamates (subject to hydrolysis) is 1. The molecular weight excluding hydrogens is 390 g/mol. The fraction of sp³-hybridized carbons (Fsp3) is 0.600. The van der Waals surface area contributed by atoms with E-state index in [1.54, 1.807) is 0 Å². The van der Waals surface area contributed by atoms with Crippen molar-refractivity contribution in [2.45, 2.75) is 45.1 Å². The molecule has 10 nitrogen and oxygen atoms in total. The summed E-state index contributed by atoms with van der Waals surface area (Å²) in [5.41, 5.74) is 16.1. The molecule has 2 amide bonds. The Morgan fingerprint density at radius 3 is 2.03 bits per heavy atom. The monoisotopic (exact) mass is 427 g/mol. The molecule has 0 spiro atoms. The van der Waals surface area contributed by atoms with Gasteiger partial charge in [-0.2, -0.15) is 0 Å². The molecule has 0 aliphatic carbocycles. The van der Waals surface area contributed by atoms with Crippen LogP contribution in [-0.2, 0) is 16.1 Å². The van der Waals surface area contributed by atoms with Gasteiger partial charge >= 0.3 is 6.09 Å². The van der Waals surface area contributed by atoms with Crippen LogP contribution in [0.25, 0.3) is 0 Å². The van der Waals surface area contributed by atoms with Crippen molar-refractivity contribution in [2.75, 3.05) is 26.2 Å². The molecule has 1 rings (SSSR count). The van der Waals surface area contributed by atoms with Crippen molar-refractivity contribution in [1.82, 2.24) is 10.6 Å². The number of ether oxygens (including phenoxy) is 1. The van der Waals surface area contributed by atoms with Crippen molar-refractivity contribution < 1.29 is 24.5 Å². The lowest BCUT2D eigenvalue weighted by Gasteiger charge is -2.20. The van der Waals surface area contributed by atoms with Crippen LogP contribution < -0.4 is 27.8 Å². The highest BCUT2D eigenvalue weighted by Gasteiger charge is 2.23. The molecule has 0 radical (unpaired) electrons. The van der Waals surface area contributed by atoms with Gasteiger partial charge in [-0.25, -0.2) is 4.79 Å². The highest BCUT2D eigenvalue weighted by molar-refractivity contribution is 5.85. The number of hydrogen-bond acceptors (Lipinski definition) is 8. The van der Waals surface area contributed by atoms with Crippen molar-refractivity contribution in [3.8, 4) is 0 Å². The van der Waals surface area contributed by atoms with Crippen LogP contribution in [0.2, 0.25) is 0 Å². The number of carbonyl (C=O) groups is 2. The molecule has 0 saturated heterocycles. The number of benzene rings is 1. The zero-order chi connectivity index (χ0) is 22.9. The summed E-state index contributed by atoms with van der Waals surface area (Å²) in [6.07, 6.45) is -1.51. The number of nitrogens with one attached hydrogen (secondary N) is 2. The number of rotatable bonds is 11. The molecule has 1 aromatic carbocycles. The van der Waals surface area contributed by atoms with Crippen molar-refractivity contribution in [1.29, 1.82) is 0 Å². The van der Waals surface area contributed by atoms with E-state index in [1.807, 2.05) is 44.2 Å². The number of nitrogens with two attached hydrogens (primary N) is 3. The first-order valence-corrected chi connectivity index (χ1v) is 9.94. The second kappa shape index (κ2) is 16.5. The first kappa shape index (κ1) is 27.8. The van der Waals surface area contributed by atoms with Gasteiger partial charge in [-0.15, -0.1) is 0 Å². The Hall–Kier alpha value is -2.24. The molecule has 10 N–H and O–H groups in total. The molecule has 0 fully saturated rings. The van der Waals surface area contributed by atoms with Crippen LogP contribution in [-0.4, -0.2) is 66.6 Å². The Balaban J connectivity index is 0.00000122. The highest BCUT2D eigenvalue weighted by Crippen LogP contribution is 2.06. The van der Waals surface area contributed by atoms with Crippen molar-refractivity contribution in [3.05, 3.63) is 35.9 Å². The van der Waals surface area contributed by atoms with E-state index in [0.29, 0.717) is 6.42 Å². The van der Waals surface area contributed by atoms with E-state index in [1.165, 1.54) is 0 Å². The number of carbonyl (C=O) groups excluding carboxylic acids is 2. The van der Waals surface area contributed by atoms with Gasteiger partial charge in [-0.3, -0.25) is 4.79 Å². The summed E-state index contributed by atoms with van der Waals surface area (Å²) in [6, 6.07) is 8.56. The van der Waals surface area contributed by atoms with Crippen LogP contribution in [0.1, 0.15) is 25.8 Å². The summed E-state index contributed by atoms with van der Waals surface area (Å²) in [7, 11) is 0. The average molecular weight is 428 g/mol. The molecule has 0 bridgehead atoms. The third-order valence-corrected chi connectivity index (χ3v) is 3.86. The molecular formula is C20H37N5O5. The fourth-order valence-corrected chi connectivity index (χ4v) is 2.13. The second-order valence-electron chi connectivity index (χ2n) is 7.15. The minimum absolute atomic E-state index is 0.0463.